The van der Waals surface area contributed by atoms with Crippen molar-refractivity contribution >= 4 is 11.8 Å². The van der Waals surface area contributed by atoms with Crippen molar-refractivity contribution in [3.63, 3.8) is 0 Å². The lowest BCUT2D eigenvalue weighted by Gasteiger charge is -2.33. The van der Waals surface area contributed by atoms with Crippen LogP contribution in [0.15, 0.2) is 24.3 Å². The summed E-state index contributed by atoms with van der Waals surface area (Å²) < 4.78 is 5.35. The third kappa shape index (κ3) is 6.79. The number of hydrogen-bond donors (Lipinski definition) is 2. The number of alkyl carbamates (subject to hydrolysis) is 1. The fourth-order valence-corrected chi connectivity index (χ4v) is 3.04. The van der Waals surface area contributed by atoms with E-state index in [4.69, 9.17) is 10.5 Å². The molecule has 1 atom stereocenters. The van der Waals surface area contributed by atoms with Crippen LogP contribution in [0.5, 0.6) is 0 Å². The quantitative estimate of drug-likeness (QED) is 0.812. The molecule has 24 heavy (non-hydrogen) atoms. The average molecular weight is 333 g/mol. The molecule has 1 saturated heterocycles. The lowest BCUT2D eigenvalue weighted by molar-refractivity contribution is 0.0472. The van der Waals surface area contributed by atoms with E-state index < -0.39 is 5.60 Å². The van der Waals surface area contributed by atoms with Crippen molar-refractivity contribution in [3.05, 3.63) is 29.8 Å². The Morgan fingerprint density at radius 2 is 2.04 bits per heavy atom. The number of carbonyl (C=O) groups is 1. The van der Waals surface area contributed by atoms with Crippen LogP contribution >= 0.6 is 0 Å². The van der Waals surface area contributed by atoms with Crippen molar-refractivity contribution < 1.29 is 9.53 Å². The predicted molar refractivity (Wildman–Crippen MR) is 98.0 cm³/mol. The maximum Gasteiger partial charge on any atom is 0.407 e. The average Bonchev–Trinajstić information content (AvgIpc) is 2.48. The molecule has 0 radical (unpaired) electrons. The molecule has 1 fully saturated rings. The van der Waals surface area contributed by atoms with Gasteiger partial charge in [-0.1, -0.05) is 12.1 Å². The molecule has 1 aromatic rings. The second-order valence-electron chi connectivity index (χ2n) is 7.63. The standard InChI is InChI=1S/C19H31N3O2/c1-19(2,3)24-18(23)21-17-7-5-13-22(14-17)12-4-6-15-8-10-16(20)11-9-15/h8-11,17H,4-7,12-14,20H2,1-3H3,(H,21,23). The molecule has 0 aliphatic carbocycles. The molecule has 1 amide bonds. The Morgan fingerprint density at radius 3 is 2.71 bits per heavy atom. The summed E-state index contributed by atoms with van der Waals surface area (Å²) in [6.07, 6.45) is 4.00. The van der Waals surface area contributed by atoms with Gasteiger partial charge >= 0.3 is 6.09 Å². The van der Waals surface area contributed by atoms with Crippen LogP contribution in [0.1, 0.15) is 45.6 Å². The van der Waals surface area contributed by atoms with Crippen molar-refractivity contribution in [2.45, 2.75) is 58.1 Å². The number of rotatable bonds is 5. The van der Waals surface area contributed by atoms with Gasteiger partial charge in [0.25, 0.3) is 0 Å². The van der Waals surface area contributed by atoms with Gasteiger partial charge in [0.15, 0.2) is 0 Å². The highest BCUT2D eigenvalue weighted by molar-refractivity contribution is 5.68. The SMILES string of the molecule is CC(C)(C)OC(=O)NC1CCCN(CCCc2ccc(N)cc2)C1. The smallest absolute Gasteiger partial charge is 0.407 e. The first-order valence-corrected chi connectivity index (χ1v) is 8.88. The minimum atomic E-state index is -0.447. The molecular weight excluding hydrogens is 302 g/mol. The number of benzene rings is 1. The number of ether oxygens (including phenoxy) is 1. The molecule has 3 N–H and O–H groups in total. The van der Waals surface area contributed by atoms with E-state index in [1.54, 1.807) is 0 Å². The molecule has 1 unspecified atom stereocenters. The lowest BCUT2D eigenvalue weighted by Crippen LogP contribution is -2.49. The van der Waals surface area contributed by atoms with E-state index in [0.717, 1.165) is 51.0 Å². The highest BCUT2D eigenvalue weighted by Crippen LogP contribution is 2.14. The van der Waals surface area contributed by atoms with Gasteiger partial charge in [-0.3, -0.25) is 0 Å². The van der Waals surface area contributed by atoms with Crippen LogP contribution < -0.4 is 11.1 Å². The second kappa shape index (κ2) is 8.38. The Morgan fingerprint density at radius 1 is 1.33 bits per heavy atom. The minimum absolute atomic E-state index is 0.185. The Hall–Kier alpha value is -1.75. The van der Waals surface area contributed by atoms with E-state index in [-0.39, 0.29) is 12.1 Å². The zero-order chi connectivity index (χ0) is 17.6. The Labute approximate surface area is 145 Å². The van der Waals surface area contributed by atoms with E-state index in [9.17, 15) is 4.79 Å². The highest BCUT2D eigenvalue weighted by Gasteiger charge is 2.23. The number of carbonyl (C=O) groups excluding carboxylic acids is 1. The van der Waals surface area contributed by atoms with Gasteiger partial charge in [-0.05, 0) is 77.2 Å². The van der Waals surface area contributed by atoms with Gasteiger partial charge in [-0.2, -0.15) is 0 Å². The Kier molecular flexibility index (Phi) is 6.49. The van der Waals surface area contributed by atoms with Crippen LogP contribution in [0.3, 0.4) is 0 Å². The number of amides is 1. The zero-order valence-corrected chi connectivity index (χ0v) is 15.2. The monoisotopic (exact) mass is 333 g/mol. The van der Waals surface area contributed by atoms with Crippen LogP contribution in [0, 0.1) is 0 Å². The fourth-order valence-electron chi connectivity index (χ4n) is 3.04. The molecule has 134 valence electrons. The van der Waals surface area contributed by atoms with Gasteiger partial charge < -0.3 is 20.7 Å². The molecule has 0 aromatic heterocycles. The molecule has 5 nitrogen and oxygen atoms in total. The third-order valence-corrected chi connectivity index (χ3v) is 4.15. The number of likely N-dealkylation sites (tertiary alicyclic amines) is 1. The van der Waals surface area contributed by atoms with Gasteiger partial charge in [0.2, 0.25) is 0 Å². The summed E-state index contributed by atoms with van der Waals surface area (Å²) in [5.41, 5.74) is 7.40. The summed E-state index contributed by atoms with van der Waals surface area (Å²) in [7, 11) is 0. The molecule has 2 rings (SSSR count). The van der Waals surface area contributed by atoms with Gasteiger partial charge in [0.1, 0.15) is 5.60 Å². The summed E-state index contributed by atoms with van der Waals surface area (Å²) >= 11 is 0. The van der Waals surface area contributed by atoms with Gasteiger partial charge in [-0.15, -0.1) is 0 Å². The molecule has 1 aromatic carbocycles. The zero-order valence-electron chi connectivity index (χ0n) is 15.2. The number of nitrogens with zero attached hydrogens (tertiary/aromatic N) is 1. The predicted octanol–water partition coefficient (Wildman–Crippen LogP) is 3.19. The topological polar surface area (TPSA) is 67.6 Å². The summed E-state index contributed by atoms with van der Waals surface area (Å²) in [6.45, 7) is 8.72. The number of aryl methyl sites for hydroxylation is 1. The van der Waals surface area contributed by atoms with Crippen LogP contribution in [-0.4, -0.2) is 42.3 Å². The molecule has 0 bridgehead atoms. The maximum atomic E-state index is 11.9. The molecule has 0 saturated carbocycles. The summed E-state index contributed by atoms with van der Waals surface area (Å²) in [6, 6.07) is 8.29. The van der Waals surface area contributed by atoms with Gasteiger partial charge in [-0.25, -0.2) is 4.79 Å². The van der Waals surface area contributed by atoms with Crippen LogP contribution in [-0.2, 0) is 11.2 Å². The van der Waals surface area contributed by atoms with E-state index in [2.05, 4.69) is 22.3 Å². The van der Waals surface area contributed by atoms with E-state index in [1.807, 2.05) is 32.9 Å². The van der Waals surface area contributed by atoms with Crippen molar-refractivity contribution in [1.29, 1.82) is 0 Å². The Balaban J connectivity index is 1.70. The highest BCUT2D eigenvalue weighted by atomic mass is 16.6. The maximum absolute atomic E-state index is 11.9. The Bertz CT molecular complexity index is 522. The second-order valence-corrected chi connectivity index (χ2v) is 7.63. The number of piperidine rings is 1. The molecular formula is C19H31N3O2. The summed E-state index contributed by atoms with van der Waals surface area (Å²) in [4.78, 5) is 14.3. The summed E-state index contributed by atoms with van der Waals surface area (Å²) in [5, 5.41) is 3.00. The number of nitrogen functional groups attached to an aromatic ring is 1. The normalized spacial score (nSPS) is 19.0. The lowest BCUT2D eigenvalue weighted by atomic mass is 10.0. The molecule has 1 aliphatic heterocycles. The minimum Gasteiger partial charge on any atom is -0.444 e. The van der Waals surface area contributed by atoms with E-state index in [1.165, 1.54) is 5.56 Å². The molecule has 5 heteroatoms. The van der Waals surface area contributed by atoms with Crippen LogP contribution in [0.4, 0.5) is 10.5 Å². The first-order chi connectivity index (χ1) is 11.3. The van der Waals surface area contributed by atoms with E-state index >= 15 is 0 Å². The van der Waals surface area contributed by atoms with Crippen LogP contribution in [0.2, 0.25) is 0 Å². The van der Waals surface area contributed by atoms with E-state index in [0.29, 0.717) is 0 Å². The molecule has 0 spiro atoms. The number of hydrogen-bond acceptors (Lipinski definition) is 4. The van der Waals surface area contributed by atoms with Crippen molar-refractivity contribution in [3.8, 4) is 0 Å². The molecule has 1 heterocycles. The molecule has 1 aliphatic rings. The van der Waals surface area contributed by atoms with Crippen molar-refractivity contribution in [1.82, 2.24) is 10.2 Å². The number of anilines is 1. The first kappa shape index (κ1) is 18.6. The fraction of sp³-hybridized carbons (Fsp3) is 0.632. The van der Waals surface area contributed by atoms with Gasteiger partial charge in [0.05, 0.1) is 0 Å². The third-order valence-electron chi connectivity index (χ3n) is 4.15. The van der Waals surface area contributed by atoms with Crippen molar-refractivity contribution in [2.24, 2.45) is 0 Å². The van der Waals surface area contributed by atoms with Crippen molar-refractivity contribution in [2.75, 3.05) is 25.4 Å². The summed E-state index contributed by atoms with van der Waals surface area (Å²) in [5.74, 6) is 0. The largest absolute Gasteiger partial charge is 0.444 e. The number of nitrogens with two attached hydrogens (primary N) is 1. The number of nitrogens with one attached hydrogen (secondary N) is 1. The van der Waals surface area contributed by atoms with Gasteiger partial charge in [0, 0.05) is 18.3 Å². The van der Waals surface area contributed by atoms with Crippen LogP contribution in [0.25, 0.3) is 0 Å². The first-order valence-electron chi connectivity index (χ1n) is 8.88.